The molecule has 22 heavy (non-hydrogen) atoms. The van der Waals surface area contributed by atoms with Crippen molar-refractivity contribution in [3.8, 4) is 0 Å². The number of carboxylic acids is 1. The Balaban J connectivity index is 2.07. The summed E-state index contributed by atoms with van der Waals surface area (Å²) in [4.78, 5) is 13.4. The van der Waals surface area contributed by atoms with Crippen LogP contribution in [0.4, 0.5) is 5.69 Å². The molecule has 0 unspecified atom stereocenters. The standard InChI is InChI=1S/C15H16N2O4S/c1-10-6-11-4-2-3-5-14(11)17(9-10)22(20,21)12-7-13(15(18)19)16-8-12/h2-5,7-8,10,16H,6,9H2,1H3,(H,18,19)/t10-/m0/s1. The third-order valence-electron chi connectivity index (χ3n) is 3.78. The third kappa shape index (κ3) is 2.37. The number of carboxylic acid groups (broad SMARTS) is 1. The highest BCUT2D eigenvalue weighted by Gasteiger charge is 2.32. The maximum atomic E-state index is 12.8. The summed E-state index contributed by atoms with van der Waals surface area (Å²) >= 11 is 0. The lowest BCUT2D eigenvalue weighted by molar-refractivity contribution is 0.0691. The van der Waals surface area contributed by atoms with Crippen molar-refractivity contribution in [2.24, 2.45) is 5.92 Å². The van der Waals surface area contributed by atoms with Gasteiger partial charge in [-0.2, -0.15) is 0 Å². The molecule has 0 aliphatic carbocycles. The number of aromatic nitrogens is 1. The second kappa shape index (κ2) is 5.17. The van der Waals surface area contributed by atoms with Crippen molar-refractivity contribution >= 4 is 21.7 Å². The Morgan fingerprint density at radius 1 is 1.36 bits per heavy atom. The van der Waals surface area contributed by atoms with Crippen molar-refractivity contribution < 1.29 is 18.3 Å². The van der Waals surface area contributed by atoms with E-state index in [4.69, 9.17) is 5.11 Å². The van der Waals surface area contributed by atoms with E-state index >= 15 is 0 Å². The van der Waals surface area contributed by atoms with Crippen LogP contribution in [0.1, 0.15) is 23.0 Å². The maximum absolute atomic E-state index is 12.8. The molecular formula is C15H16N2O4S. The maximum Gasteiger partial charge on any atom is 0.352 e. The van der Waals surface area contributed by atoms with Crippen LogP contribution in [0.2, 0.25) is 0 Å². The summed E-state index contributed by atoms with van der Waals surface area (Å²) in [5.41, 5.74) is 1.51. The van der Waals surface area contributed by atoms with Crippen LogP contribution in [-0.2, 0) is 16.4 Å². The summed E-state index contributed by atoms with van der Waals surface area (Å²) in [5, 5.41) is 8.93. The molecule has 0 amide bonds. The number of benzene rings is 1. The van der Waals surface area contributed by atoms with Crippen molar-refractivity contribution in [1.29, 1.82) is 0 Å². The SMILES string of the molecule is C[C@H]1Cc2ccccc2N(S(=O)(=O)c2c[nH]c(C(=O)O)c2)C1. The van der Waals surface area contributed by atoms with Gasteiger partial charge >= 0.3 is 5.97 Å². The second-order valence-corrected chi connectivity index (χ2v) is 7.39. The van der Waals surface area contributed by atoms with E-state index < -0.39 is 16.0 Å². The van der Waals surface area contributed by atoms with Crippen LogP contribution < -0.4 is 4.31 Å². The van der Waals surface area contributed by atoms with Gasteiger partial charge in [0.25, 0.3) is 10.0 Å². The van der Waals surface area contributed by atoms with Gasteiger partial charge in [0.05, 0.1) is 5.69 Å². The van der Waals surface area contributed by atoms with Crippen molar-refractivity contribution in [3.63, 3.8) is 0 Å². The quantitative estimate of drug-likeness (QED) is 0.906. The molecule has 0 radical (unpaired) electrons. The van der Waals surface area contributed by atoms with Crippen molar-refractivity contribution in [3.05, 3.63) is 47.8 Å². The number of hydrogen-bond donors (Lipinski definition) is 2. The average molecular weight is 320 g/mol. The van der Waals surface area contributed by atoms with E-state index in [1.807, 2.05) is 19.1 Å². The summed E-state index contributed by atoms with van der Waals surface area (Å²) < 4.78 is 27.1. The highest BCUT2D eigenvalue weighted by molar-refractivity contribution is 7.92. The fraction of sp³-hybridized carbons (Fsp3) is 0.267. The number of carbonyl (C=O) groups is 1. The Kier molecular flexibility index (Phi) is 3.44. The van der Waals surface area contributed by atoms with Crippen LogP contribution in [0.25, 0.3) is 0 Å². The Bertz CT molecular complexity index is 826. The fourth-order valence-corrected chi connectivity index (χ4v) is 4.37. The van der Waals surface area contributed by atoms with Gasteiger partial charge in [0.2, 0.25) is 0 Å². The first-order chi connectivity index (χ1) is 10.4. The van der Waals surface area contributed by atoms with E-state index in [-0.39, 0.29) is 16.5 Å². The Labute approximate surface area is 128 Å². The highest BCUT2D eigenvalue weighted by atomic mass is 32.2. The molecule has 1 aromatic carbocycles. The number of fused-ring (bicyclic) bond motifs is 1. The minimum atomic E-state index is -3.78. The largest absolute Gasteiger partial charge is 0.477 e. The number of aromatic amines is 1. The van der Waals surface area contributed by atoms with E-state index in [9.17, 15) is 13.2 Å². The number of anilines is 1. The van der Waals surface area contributed by atoms with Crippen LogP contribution in [0.3, 0.4) is 0 Å². The zero-order valence-electron chi connectivity index (χ0n) is 12.0. The van der Waals surface area contributed by atoms with Gasteiger partial charge in [0, 0.05) is 12.7 Å². The summed E-state index contributed by atoms with van der Waals surface area (Å²) in [7, 11) is -3.78. The predicted molar refractivity (Wildman–Crippen MR) is 81.6 cm³/mol. The molecule has 7 heteroatoms. The number of H-pyrrole nitrogens is 1. The van der Waals surface area contributed by atoms with Gasteiger partial charge in [-0.25, -0.2) is 13.2 Å². The molecule has 2 N–H and O–H groups in total. The molecule has 2 aromatic rings. The lowest BCUT2D eigenvalue weighted by Gasteiger charge is -2.33. The van der Waals surface area contributed by atoms with Gasteiger partial charge in [-0.3, -0.25) is 4.31 Å². The second-order valence-electron chi connectivity index (χ2n) is 5.53. The van der Waals surface area contributed by atoms with Crippen molar-refractivity contribution in [1.82, 2.24) is 4.98 Å². The number of nitrogens with zero attached hydrogens (tertiary/aromatic N) is 1. The van der Waals surface area contributed by atoms with Gasteiger partial charge in [-0.1, -0.05) is 25.1 Å². The average Bonchev–Trinajstić information content (AvgIpc) is 2.97. The first-order valence-electron chi connectivity index (χ1n) is 6.92. The monoisotopic (exact) mass is 320 g/mol. The topological polar surface area (TPSA) is 90.5 Å². The van der Waals surface area contributed by atoms with E-state index in [0.29, 0.717) is 12.2 Å². The number of para-hydroxylation sites is 1. The van der Waals surface area contributed by atoms with Gasteiger partial charge in [-0.05, 0) is 30.0 Å². The van der Waals surface area contributed by atoms with Gasteiger partial charge in [0.15, 0.2) is 0 Å². The van der Waals surface area contributed by atoms with E-state index in [0.717, 1.165) is 18.1 Å². The number of rotatable bonds is 3. The van der Waals surface area contributed by atoms with Crippen molar-refractivity contribution in [2.45, 2.75) is 18.2 Å². The normalized spacial score (nSPS) is 18.0. The summed E-state index contributed by atoms with van der Waals surface area (Å²) in [6, 6.07) is 8.55. The molecule has 0 bridgehead atoms. The van der Waals surface area contributed by atoms with Gasteiger partial charge in [0.1, 0.15) is 10.6 Å². The molecule has 1 aliphatic heterocycles. The molecule has 6 nitrogen and oxygen atoms in total. The summed E-state index contributed by atoms with van der Waals surface area (Å²) in [6.07, 6.45) is 2.05. The highest BCUT2D eigenvalue weighted by Crippen LogP contribution is 2.33. The molecule has 0 saturated carbocycles. The fourth-order valence-electron chi connectivity index (χ4n) is 2.75. The molecular weight excluding hydrogens is 304 g/mol. The first-order valence-corrected chi connectivity index (χ1v) is 8.36. The number of hydrogen-bond acceptors (Lipinski definition) is 3. The first kappa shape index (κ1) is 14.6. The van der Waals surface area contributed by atoms with E-state index in [2.05, 4.69) is 4.98 Å². The molecule has 1 aliphatic rings. The van der Waals surface area contributed by atoms with Crippen molar-refractivity contribution in [2.75, 3.05) is 10.8 Å². The lowest BCUT2D eigenvalue weighted by atomic mass is 9.96. The zero-order chi connectivity index (χ0) is 15.9. The third-order valence-corrected chi connectivity index (χ3v) is 5.54. The molecule has 3 rings (SSSR count). The molecule has 1 aromatic heterocycles. The molecule has 116 valence electrons. The molecule has 0 spiro atoms. The van der Waals surface area contributed by atoms with E-state index in [1.165, 1.54) is 10.5 Å². The molecule has 1 atom stereocenters. The zero-order valence-corrected chi connectivity index (χ0v) is 12.8. The van der Waals surface area contributed by atoms with Crippen LogP contribution in [-0.4, -0.2) is 31.0 Å². The lowest BCUT2D eigenvalue weighted by Crippen LogP contribution is -2.39. The smallest absolute Gasteiger partial charge is 0.352 e. The van der Waals surface area contributed by atoms with Crippen LogP contribution >= 0.6 is 0 Å². The molecule has 0 saturated heterocycles. The Morgan fingerprint density at radius 3 is 2.77 bits per heavy atom. The number of aromatic carboxylic acids is 1. The predicted octanol–water partition coefficient (Wildman–Crippen LogP) is 2.10. The number of sulfonamides is 1. The van der Waals surface area contributed by atoms with Gasteiger partial charge in [-0.15, -0.1) is 0 Å². The minimum Gasteiger partial charge on any atom is -0.477 e. The van der Waals surface area contributed by atoms with Gasteiger partial charge < -0.3 is 10.1 Å². The Hall–Kier alpha value is -2.28. The van der Waals surface area contributed by atoms with E-state index in [1.54, 1.807) is 12.1 Å². The summed E-state index contributed by atoms with van der Waals surface area (Å²) in [6.45, 7) is 2.38. The van der Waals surface area contributed by atoms with Crippen LogP contribution in [0, 0.1) is 5.92 Å². The molecule has 2 heterocycles. The minimum absolute atomic E-state index is 0.0335. The Morgan fingerprint density at radius 2 is 2.09 bits per heavy atom. The summed E-state index contributed by atoms with van der Waals surface area (Å²) in [5.74, 6) is -0.989. The van der Waals surface area contributed by atoms with Crippen LogP contribution in [0.5, 0.6) is 0 Å². The number of nitrogens with one attached hydrogen (secondary N) is 1. The molecule has 0 fully saturated rings. The van der Waals surface area contributed by atoms with Crippen LogP contribution in [0.15, 0.2) is 41.4 Å².